The Morgan fingerprint density at radius 3 is 2.78 bits per heavy atom. The van der Waals surface area contributed by atoms with Gasteiger partial charge < -0.3 is 20.3 Å². The number of phenolic OH excluding ortho intramolecular Hbond substituents is 3. The number of benzene rings is 1. The van der Waals surface area contributed by atoms with Gasteiger partial charge in [-0.1, -0.05) is 6.07 Å². The maximum atomic E-state index is 12.4. The molecule has 0 spiro atoms. The van der Waals surface area contributed by atoms with Crippen LogP contribution in [0.25, 0.3) is 11.4 Å². The Hall–Kier alpha value is -3.39. The number of fused-ring (bicyclic) bond motifs is 1. The molecular weight excluding hydrogens is 348 g/mol. The maximum Gasteiger partial charge on any atom is 0.254 e. The van der Waals surface area contributed by atoms with Crippen molar-refractivity contribution in [2.45, 2.75) is 19.5 Å². The van der Waals surface area contributed by atoms with Crippen LogP contribution in [0, 0.1) is 0 Å². The van der Waals surface area contributed by atoms with Gasteiger partial charge in [-0.15, -0.1) is 0 Å². The number of hydrogen-bond acceptors (Lipinski definition) is 7. The van der Waals surface area contributed by atoms with E-state index in [4.69, 9.17) is 0 Å². The summed E-state index contributed by atoms with van der Waals surface area (Å²) in [5, 5.41) is 29.2. The third-order valence-electron chi connectivity index (χ3n) is 4.69. The first-order valence-corrected chi connectivity index (χ1v) is 8.50. The van der Waals surface area contributed by atoms with Crippen LogP contribution in [0.5, 0.6) is 17.2 Å². The van der Waals surface area contributed by atoms with Crippen molar-refractivity contribution < 1.29 is 15.3 Å². The lowest BCUT2D eigenvalue weighted by Gasteiger charge is -2.28. The molecule has 0 fully saturated rings. The predicted molar refractivity (Wildman–Crippen MR) is 97.3 cm³/mol. The van der Waals surface area contributed by atoms with Gasteiger partial charge in [-0.2, -0.15) is 0 Å². The third kappa shape index (κ3) is 3.22. The largest absolute Gasteiger partial charge is 0.504 e. The Morgan fingerprint density at radius 2 is 2.00 bits per heavy atom. The van der Waals surface area contributed by atoms with Gasteiger partial charge in [0, 0.05) is 48.7 Å². The van der Waals surface area contributed by atoms with E-state index < -0.39 is 5.75 Å². The van der Waals surface area contributed by atoms with Crippen molar-refractivity contribution in [3.63, 3.8) is 0 Å². The fourth-order valence-corrected chi connectivity index (χ4v) is 3.25. The van der Waals surface area contributed by atoms with E-state index in [-0.39, 0.29) is 17.1 Å². The van der Waals surface area contributed by atoms with Gasteiger partial charge in [0.25, 0.3) is 5.56 Å². The third-order valence-corrected chi connectivity index (χ3v) is 4.69. The number of phenols is 3. The van der Waals surface area contributed by atoms with Crippen LogP contribution in [0.3, 0.4) is 0 Å². The first kappa shape index (κ1) is 17.0. The Labute approximate surface area is 154 Å². The Balaban J connectivity index is 1.62. The van der Waals surface area contributed by atoms with Crippen molar-refractivity contribution in [1.82, 2.24) is 19.9 Å². The second kappa shape index (κ2) is 6.73. The van der Waals surface area contributed by atoms with Crippen LogP contribution in [-0.2, 0) is 19.5 Å². The lowest BCUT2D eigenvalue weighted by Crippen LogP contribution is -2.35. The number of aromatic amines is 1. The van der Waals surface area contributed by atoms with E-state index in [1.54, 1.807) is 24.5 Å². The molecule has 0 amide bonds. The summed E-state index contributed by atoms with van der Waals surface area (Å²) in [7, 11) is 0. The summed E-state index contributed by atoms with van der Waals surface area (Å²) in [6.45, 7) is 1.41. The number of nitrogens with one attached hydrogen (secondary N) is 1. The summed E-state index contributed by atoms with van der Waals surface area (Å²) >= 11 is 0. The zero-order valence-electron chi connectivity index (χ0n) is 14.4. The SMILES string of the molecule is O=c1[nH]c(-c2cccnc2)nc2c1CCN(Cc1ccc(O)c(O)c1O)C2. The molecule has 0 atom stereocenters. The lowest BCUT2D eigenvalue weighted by atomic mass is 10.0. The standard InChI is InChI=1S/C19H18N4O4/c24-15-4-3-12(16(25)17(15)26)9-23-7-5-13-14(10-23)21-18(22-19(13)27)11-2-1-6-20-8-11/h1-4,6,8,24-26H,5,7,9-10H2,(H,21,22,27). The highest BCUT2D eigenvalue weighted by Crippen LogP contribution is 2.37. The Morgan fingerprint density at radius 1 is 1.15 bits per heavy atom. The van der Waals surface area contributed by atoms with Crippen LogP contribution < -0.4 is 5.56 Å². The summed E-state index contributed by atoms with van der Waals surface area (Å²) in [4.78, 5) is 25.9. The van der Waals surface area contributed by atoms with E-state index in [1.165, 1.54) is 6.07 Å². The molecule has 1 aliphatic rings. The Kier molecular flexibility index (Phi) is 4.25. The van der Waals surface area contributed by atoms with Crippen molar-refractivity contribution in [3.8, 4) is 28.6 Å². The fourth-order valence-electron chi connectivity index (χ4n) is 3.25. The second-order valence-electron chi connectivity index (χ2n) is 6.48. The van der Waals surface area contributed by atoms with Crippen LogP contribution in [0.2, 0.25) is 0 Å². The van der Waals surface area contributed by atoms with Gasteiger partial charge in [-0.25, -0.2) is 4.98 Å². The molecule has 0 saturated heterocycles. The summed E-state index contributed by atoms with van der Waals surface area (Å²) in [5.41, 5.74) is 2.42. The summed E-state index contributed by atoms with van der Waals surface area (Å²) in [6.07, 6.45) is 3.83. The minimum absolute atomic E-state index is 0.149. The number of H-pyrrole nitrogens is 1. The zero-order valence-corrected chi connectivity index (χ0v) is 14.4. The molecule has 2 aromatic heterocycles. The monoisotopic (exact) mass is 366 g/mol. The van der Waals surface area contributed by atoms with Crippen molar-refractivity contribution >= 4 is 0 Å². The van der Waals surface area contributed by atoms with Gasteiger partial charge in [0.05, 0.1) is 5.69 Å². The summed E-state index contributed by atoms with van der Waals surface area (Å²) in [6, 6.07) is 6.51. The molecule has 0 bridgehead atoms. The average molecular weight is 366 g/mol. The molecule has 8 heteroatoms. The van der Waals surface area contributed by atoms with Crippen molar-refractivity contribution in [3.05, 3.63) is 63.8 Å². The Bertz CT molecular complexity index is 1050. The molecule has 27 heavy (non-hydrogen) atoms. The number of pyridine rings is 1. The predicted octanol–water partition coefficient (Wildman–Crippen LogP) is 1.51. The highest BCUT2D eigenvalue weighted by Gasteiger charge is 2.23. The van der Waals surface area contributed by atoms with E-state index in [0.29, 0.717) is 48.7 Å². The maximum absolute atomic E-state index is 12.4. The molecule has 0 saturated carbocycles. The molecule has 8 nitrogen and oxygen atoms in total. The number of nitrogens with zero attached hydrogens (tertiary/aromatic N) is 3. The van der Waals surface area contributed by atoms with Crippen LogP contribution in [0.4, 0.5) is 0 Å². The van der Waals surface area contributed by atoms with Crippen molar-refractivity contribution in [2.24, 2.45) is 0 Å². The van der Waals surface area contributed by atoms with Crippen LogP contribution in [-0.4, -0.2) is 41.7 Å². The van der Waals surface area contributed by atoms with Gasteiger partial charge in [0.2, 0.25) is 5.75 Å². The molecule has 4 rings (SSSR count). The molecule has 4 N–H and O–H groups in total. The normalized spacial score (nSPS) is 14.1. The van der Waals surface area contributed by atoms with E-state index >= 15 is 0 Å². The highest BCUT2D eigenvalue weighted by molar-refractivity contribution is 5.54. The molecule has 1 aliphatic heterocycles. The molecular formula is C19H18N4O4. The lowest BCUT2D eigenvalue weighted by molar-refractivity contribution is 0.236. The molecule has 3 heterocycles. The minimum atomic E-state index is -0.529. The molecule has 0 aliphatic carbocycles. The van der Waals surface area contributed by atoms with Crippen molar-refractivity contribution in [1.29, 1.82) is 0 Å². The smallest absolute Gasteiger partial charge is 0.254 e. The molecule has 138 valence electrons. The van der Waals surface area contributed by atoms with E-state index in [1.807, 2.05) is 11.0 Å². The van der Waals surface area contributed by atoms with Gasteiger partial charge in [0.1, 0.15) is 5.82 Å². The number of aromatic hydroxyl groups is 3. The van der Waals surface area contributed by atoms with Crippen molar-refractivity contribution in [2.75, 3.05) is 6.54 Å². The number of hydrogen-bond donors (Lipinski definition) is 4. The average Bonchev–Trinajstić information content (AvgIpc) is 2.69. The van der Waals surface area contributed by atoms with E-state index in [0.717, 1.165) is 5.56 Å². The first-order chi connectivity index (χ1) is 13.0. The second-order valence-corrected chi connectivity index (χ2v) is 6.48. The topological polar surface area (TPSA) is 123 Å². The van der Waals surface area contributed by atoms with Gasteiger partial charge in [0.15, 0.2) is 11.5 Å². The van der Waals surface area contributed by atoms with Gasteiger partial charge >= 0.3 is 0 Å². The van der Waals surface area contributed by atoms with E-state index in [2.05, 4.69) is 15.0 Å². The number of rotatable bonds is 3. The molecule has 0 radical (unpaired) electrons. The molecule has 3 aromatic rings. The van der Waals surface area contributed by atoms with Gasteiger partial charge in [-0.05, 0) is 24.6 Å². The molecule has 0 unspecified atom stereocenters. The van der Waals surface area contributed by atoms with Crippen LogP contribution in [0.1, 0.15) is 16.8 Å². The molecule has 1 aromatic carbocycles. The minimum Gasteiger partial charge on any atom is -0.504 e. The first-order valence-electron chi connectivity index (χ1n) is 8.50. The zero-order chi connectivity index (χ0) is 19.0. The number of aromatic nitrogens is 3. The van der Waals surface area contributed by atoms with E-state index in [9.17, 15) is 20.1 Å². The summed E-state index contributed by atoms with van der Waals surface area (Å²) in [5.74, 6) is -0.762. The quantitative estimate of drug-likeness (QED) is 0.518. The van der Waals surface area contributed by atoms with Gasteiger partial charge in [-0.3, -0.25) is 14.7 Å². The summed E-state index contributed by atoms with van der Waals surface area (Å²) < 4.78 is 0. The van der Waals surface area contributed by atoms with Crippen LogP contribution >= 0.6 is 0 Å². The highest BCUT2D eigenvalue weighted by atomic mass is 16.3. The fraction of sp³-hybridized carbons (Fsp3) is 0.211. The van der Waals surface area contributed by atoms with Crippen LogP contribution in [0.15, 0.2) is 41.5 Å².